The molecule has 0 bridgehead atoms. The van der Waals surface area contributed by atoms with Crippen LogP contribution >= 0.6 is 0 Å². The third kappa shape index (κ3) is 3.07. The molecule has 1 unspecified atom stereocenters. The van der Waals surface area contributed by atoms with Gasteiger partial charge in [0.05, 0.1) is 17.6 Å². The second-order valence-electron chi connectivity index (χ2n) is 3.57. The Labute approximate surface area is 98.8 Å². The first-order valence-corrected chi connectivity index (χ1v) is 4.96. The van der Waals surface area contributed by atoms with E-state index in [0.717, 1.165) is 0 Å². The lowest BCUT2D eigenvalue weighted by atomic mass is 10.2. The first-order valence-electron chi connectivity index (χ1n) is 4.96. The van der Waals surface area contributed by atoms with Crippen molar-refractivity contribution in [2.45, 2.75) is 13.0 Å². The molecule has 7 nitrogen and oxygen atoms in total. The molecule has 1 aromatic rings. The molecule has 0 spiro atoms. The highest BCUT2D eigenvalue weighted by atomic mass is 16.2. The average Bonchev–Trinajstić information content (AvgIpc) is 2.27. The molecule has 17 heavy (non-hydrogen) atoms. The van der Waals surface area contributed by atoms with Gasteiger partial charge in [0.2, 0.25) is 5.91 Å². The lowest BCUT2D eigenvalue weighted by molar-refractivity contribution is -0.120. The third-order valence-electron chi connectivity index (χ3n) is 2.41. The van der Waals surface area contributed by atoms with Crippen LogP contribution in [0.3, 0.4) is 0 Å². The van der Waals surface area contributed by atoms with E-state index in [1.807, 2.05) is 5.32 Å². The number of nitrogens with zero attached hydrogens (tertiary/aromatic N) is 2. The first kappa shape index (κ1) is 12.8. The molecule has 0 aromatic carbocycles. The number of hydrogen-bond acceptors (Lipinski definition) is 5. The highest BCUT2D eigenvalue weighted by Gasteiger charge is 2.20. The largest absolute Gasteiger partial charge is 0.396 e. The molecule has 0 aliphatic carbocycles. The molecule has 5 N–H and O–H groups in total. The number of carbonyl (C=O) groups excluding carboxylic acids is 2. The fourth-order valence-corrected chi connectivity index (χ4v) is 1.33. The van der Waals surface area contributed by atoms with Gasteiger partial charge in [-0.2, -0.15) is 0 Å². The molecule has 1 heterocycles. The Morgan fingerprint density at radius 3 is 2.71 bits per heavy atom. The number of imide groups is 1. The molecule has 0 fully saturated rings. The van der Waals surface area contributed by atoms with Crippen molar-refractivity contribution in [3.05, 3.63) is 18.5 Å². The summed E-state index contributed by atoms with van der Waals surface area (Å²) in [4.78, 5) is 27.6. The zero-order chi connectivity index (χ0) is 13.0. The van der Waals surface area contributed by atoms with Gasteiger partial charge in [0, 0.05) is 13.2 Å². The topological polar surface area (TPSA) is 114 Å². The second kappa shape index (κ2) is 5.15. The van der Waals surface area contributed by atoms with Crippen LogP contribution in [0.1, 0.15) is 6.92 Å². The number of hydrogen-bond donors (Lipinski definition) is 3. The molecular formula is C10H15N5O2. The summed E-state index contributed by atoms with van der Waals surface area (Å²) in [5, 5.41) is 2.01. The molecule has 0 saturated carbocycles. The van der Waals surface area contributed by atoms with E-state index in [1.54, 1.807) is 31.1 Å². The van der Waals surface area contributed by atoms with E-state index in [-0.39, 0.29) is 0 Å². The highest BCUT2D eigenvalue weighted by molar-refractivity contribution is 5.97. The van der Waals surface area contributed by atoms with Crippen LogP contribution in [-0.4, -0.2) is 30.0 Å². The minimum Gasteiger partial charge on any atom is -0.396 e. The minimum atomic E-state index is -0.877. The van der Waals surface area contributed by atoms with Crippen LogP contribution in [0.15, 0.2) is 18.5 Å². The Balaban J connectivity index is 2.83. The standard InChI is InChI=1S/C10H15N5O2/c1-6(9(16)14-10(12)17)15(2)8-3-4-13-5-7(8)11/h3-6H,11H2,1-2H3,(H3,12,14,16,17). The van der Waals surface area contributed by atoms with Gasteiger partial charge in [0.25, 0.3) is 0 Å². The number of rotatable bonds is 3. The van der Waals surface area contributed by atoms with Gasteiger partial charge in [0.1, 0.15) is 6.04 Å². The lowest BCUT2D eigenvalue weighted by Crippen LogP contribution is -2.47. The number of nitrogens with one attached hydrogen (secondary N) is 1. The van der Waals surface area contributed by atoms with Crippen LogP contribution in [0.25, 0.3) is 0 Å². The lowest BCUT2D eigenvalue weighted by Gasteiger charge is -2.26. The van der Waals surface area contributed by atoms with E-state index in [1.165, 1.54) is 6.20 Å². The Morgan fingerprint density at radius 2 is 2.18 bits per heavy atom. The van der Waals surface area contributed by atoms with Crippen molar-refractivity contribution in [3.63, 3.8) is 0 Å². The normalized spacial score (nSPS) is 11.6. The fourth-order valence-electron chi connectivity index (χ4n) is 1.33. The van der Waals surface area contributed by atoms with Gasteiger partial charge in [-0.05, 0) is 13.0 Å². The van der Waals surface area contributed by atoms with E-state index in [2.05, 4.69) is 4.98 Å². The molecule has 0 aliphatic heterocycles. The van der Waals surface area contributed by atoms with Gasteiger partial charge in [-0.15, -0.1) is 0 Å². The fraction of sp³-hybridized carbons (Fsp3) is 0.300. The Bertz CT molecular complexity index is 434. The molecule has 1 aromatic heterocycles. The molecular weight excluding hydrogens is 222 g/mol. The maximum Gasteiger partial charge on any atom is 0.318 e. The number of nitrogens with two attached hydrogens (primary N) is 2. The van der Waals surface area contributed by atoms with Crippen LogP contribution in [0.2, 0.25) is 0 Å². The number of likely N-dealkylation sites (N-methyl/N-ethyl adjacent to an activating group) is 1. The Kier molecular flexibility index (Phi) is 3.86. The van der Waals surface area contributed by atoms with Crippen molar-refractivity contribution >= 4 is 23.3 Å². The van der Waals surface area contributed by atoms with Crippen molar-refractivity contribution in [2.75, 3.05) is 17.7 Å². The predicted octanol–water partition coefficient (Wildman–Crippen LogP) is -0.317. The van der Waals surface area contributed by atoms with Crippen molar-refractivity contribution in [1.82, 2.24) is 10.3 Å². The summed E-state index contributed by atoms with van der Waals surface area (Å²) >= 11 is 0. The maximum atomic E-state index is 11.6. The van der Waals surface area contributed by atoms with Crippen molar-refractivity contribution in [2.24, 2.45) is 5.73 Å². The summed E-state index contributed by atoms with van der Waals surface area (Å²) < 4.78 is 0. The van der Waals surface area contributed by atoms with Gasteiger partial charge in [-0.1, -0.05) is 0 Å². The van der Waals surface area contributed by atoms with Gasteiger partial charge >= 0.3 is 6.03 Å². The van der Waals surface area contributed by atoms with Crippen LogP contribution in [-0.2, 0) is 4.79 Å². The van der Waals surface area contributed by atoms with Gasteiger partial charge < -0.3 is 16.4 Å². The van der Waals surface area contributed by atoms with Crippen LogP contribution < -0.4 is 21.7 Å². The number of carbonyl (C=O) groups is 2. The molecule has 92 valence electrons. The number of anilines is 2. The molecule has 0 radical (unpaired) electrons. The molecule has 1 atom stereocenters. The van der Waals surface area contributed by atoms with Crippen molar-refractivity contribution < 1.29 is 9.59 Å². The monoisotopic (exact) mass is 237 g/mol. The van der Waals surface area contributed by atoms with Crippen LogP contribution in [0, 0.1) is 0 Å². The van der Waals surface area contributed by atoms with Gasteiger partial charge in [0.15, 0.2) is 0 Å². The summed E-state index contributed by atoms with van der Waals surface area (Å²) in [7, 11) is 1.69. The summed E-state index contributed by atoms with van der Waals surface area (Å²) in [5.41, 5.74) is 11.7. The van der Waals surface area contributed by atoms with Crippen LogP contribution in [0.4, 0.5) is 16.2 Å². The second-order valence-corrected chi connectivity index (χ2v) is 3.57. The Morgan fingerprint density at radius 1 is 1.53 bits per heavy atom. The average molecular weight is 237 g/mol. The zero-order valence-electron chi connectivity index (χ0n) is 9.68. The van der Waals surface area contributed by atoms with E-state index in [0.29, 0.717) is 11.4 Å². The summed E-state index contributed by atoms with van der Waals surface area (Å²) in [5.74, 6) is -0.490. The summed E-state index contributed by atoms with van der Waals surface area (Å²) in [6.07, 6.45) is 3.06. The number of aromatic nitrogens is 1. The number of urea groups is 1. The summed E-state index contributed by atoms with van der Waals surface area (Å²) in [6, 6.07) is 0.230. The minimum absolute atomic E-state index is 0.453. The molecule has 1 rings (SSSR count). The van der Waals surface area contributed by atoms with E-state index in [4.69, 9.17) is 11.5 Å². The van der Waals surface area contributed by atoms with E-state index < -0.39 is 18.0 Å². The summed E-state index contributed by atoms with van der Waals surface area (Å²) in [6.45, 7) is 1.64. The van der Waals surface area contributed by atoms with Gasteiger partial charge in [-0.3, -0.25) is 15.1 Å². The zero-order valence-corrected chi connectivity index (χ0v) is 9.68. The number of primary amides is 1. The number of pyridine rings is 1. The van der Waals surface area contributed by atoms with E-state index >= 15 is 0 Å². The molecule has 7 heteroatoms. The van der Waals surface area contributed by atoms with Gasteiger partial charge in [-0.25, -0.2) is 4.79 Å². The van der Waals surface area contributed by atoms with E-state index in [9.17, 15) is 9.59 Å². The molecule has 0 aliphatic rings. The predicted molar refractivity (Wildman–Crippen MR) is 64.2 cm³/mol. The van der Waals surface area contributed by atoms with Crippen LogP contribution in [0.5, 0.6) is 0 Å². The third-order valence-corrected chi connectivity index (χ3v) is 2.41. The molecule has 3 amide bonds. The Hall–Kier alpha value is -2.31. The number of nitrogen functional groups attached to an aromatic ring is 1. The van der Waals surface area contributed by atoms with Crippen molar-refractivity contribution in [3.8, 4) is 0 Å². The molecule has 0 saturated heterocycles. The quantitative estimate of drug-likeness (QED) is 0.666. The first-order chi connectivity index (χ1) is 7.93. The number of amides is 3. The highest BCUT2D eigenvalue weighted by Crippen LogP contribution is 2.21. The van der Waals surface area contributed by atoms with Crippen molar-refractivity contribution in [1.29, 1.82) is 0 Å². The maximum absolute atomic E-state index is 11.6. The SMILES string of the molecule is CC(C(=O)NC(N)=O)N(C)c1ccncc1N. The smallest absolute Gasteiger partial charge is 0.318 e.